The molecule has 6 nitrogen and oxygen atoms in total. The third-order valence-corrected chi connectivity index (χ3v) is 4.20. The van der Waals surface area contributed by atoms with E-state index in [-0.39, 0.29) is 5.82 Å². The predicted octanol–water partition coefficient (Wildman–Crippen LogP) is 4.28. The van der Waals surface area contributed by atoms with E-state index in [4.69, 9.17) is 9.47 Å². The number of pyridine rings is 1. The van der Waals surface area contributed by atoms with Crippen LogP contribution in [0, 0.1) is 5.82 Å². The Bertz CT molecular complexity index is 960. The van der Waals surface area contributed by atoms with Gasteiger partial charge >= 0.3 is 0 Å². The van der Waals surface area contributed by atoms with E-state index in [2.05, 4.69) is 20.6 Å². The van der Waals surface area contributed by atoms with Crippen molar-refractivity contribution >= 4 is 5.96 Å². The number of aromatic nitrogens is 1. The van der Waals surface area contributed by atoms with E-state index >= 15 is 0 Å². The first-order valence-electron chi connectivity index (χ1n) is 9.69. The molecule has 2 aromatic carbocycles. The van der Waals surface area contributed by atoms with Gasteiger partial charge in [-0.05, 0) is 42.3 Å². The van der Waals surface area contributed by atoms with E-state index in [1.807, 2.05) is 37.3 Å². The zero-order chi connectivity index (χ0) is 21.2. The number of rotatable bonds is 8. The second-order valence-corrected chi connectivity index (χ2v) is 6.46. The lowest BCUT2D eigenvalue weighted by molar-refractivity contribution is 0.414. The quantitative estimate of drug-likeness (QED) is 0.430. The minimum absolute atomic E-state index is 0.350. The third-order valence-electron chi connectivity index (χ3n) is 4.20. The topological polar surface area (TPSA) is 67.8 Å². The Balaban J connectivity index is 1.56. The lowest BCUT2D eigenvalue weighted by Crippen LogP contribution is -2.36. The van der Waals surface area contributed by atoms with E-state index < -0.39 is 0 Å². The molecule has 0 saturated carbocycles. The molecule has 0 unspecified atom stereocenters. The molecule has 0 aliphatic heterocycles. The number of guanidine groups is 1. The molecule has 0 radical (unpaired) electrons. The van der Waals surface area contributed by atoms with Crippen molar-refractivity contribution in [2.75, 3.05) is 13.7 Å². The maximum absolute atomic E-state index is 13.2. The number of hydrogen-bond acceptors (Lipinski definition) is 4. The van der Waals surface area contributed by atoms with Crippen molar-refractivity contribution in [1.29, 1.82) is 0 Å². The molecule has 0 amide bonds. The zero-order valence-corrected chi connectivity index (χ0v) is 17.1. The molecule has 3 rings (SSSR count). The van der Waals surface area contributed by atoms with Crippen molar-refractivity contribution in [3.8, 4) is 17.4 Å². The average molecular weight is 408 g/mol. The summed E-state index contributed by atoms with van der Waals surface area (Å²) >= 11 is 0. The van der Waals surface area contributed by atoms with Crippen LogP contribution in [0.15, 0.2) is 71.9 Å². The van der Waals surface area contributed by atoms with Crippen LogP contribution >= 0.6 is 0 Å². The van der Waals surface area contributed by atoms with Crippen LogP contribution in [0.4, 0.5) is 4.39 Å². The monoisotopic (exact) mass is 408 g/mol. The predicted molar refractivity (Wildman–Crippen MR) is 115 cm³/mol. The lowest BCUT2D eigenvalue weighted by atomic mass is 10.2. The van der Waals surface area contributed by atoms with E-state index in [0.717, 1.165) is 23.4 Å². The number of methoxy groups -OCH3 is 1. The van der Waals surface area contributed by atoms with Gasteiger partial charge in [-0.15, -0.1) is 0 Å². The number of hydrogen-bond donors (Lipinski definition) is 2. The maximum atomic E-state index is 13.2. The summed E-state index contributed by atoms with van der Waals surface area (Å²) in [6.45, 7) is 3.89. The molecule has 0 atom stereocenters. The largest absolute Gasteiger partial charge is 0.497 e. The molecule has 3 aromatic rings. The number of halogens is 1. The van der Waals surface area contributed by atoms with Crippen LogP contribution in [-0.4, -0.2) is 24.6 Å². The Labute approximate surface area is 175 Å². The number of nitrogens with one attached hydrogen (secondary N) is 2. The summed E-state index contributed by atoms with van der Waals surface area (Å²) in [4.78, 5) is 8.87. The summed E-state index contributed by atoms with van der Waals surface area (Å²) in [5, 5.41) is 6.54. The van der Waals surface area contributed by atoms with Crippen molar-refractivity contribution < 1.29 is 13.9 Å². The van der Waals surface area contributed by atoms with Crippen LogP contribution in [0.1, 0.15) is 18.1 Å². The van der Waals surface area contributed by atoms with E-state index in [0.29, 0.717) is 30.7 Å². The first kappa shape index (κ1) is 21.1. The second kappa shape index (κ2) is 10.8. The van der Waals surface area contributed by atoms with E-state index in [9.17, 15) is 4.39 Å². The standard InChI is InChI=1S/C23H25FN4O2/c1-3-25-23(27-14-17-7-10-20(29-2)11-8-17)28-16-18-9-12-22(26-15-18)30-21-6-4-5-19(24)13-21/h4-13,15H,3,14,16H2,1-2H3,(H2,25,27,28). The van der Waals surface area contributed by atoms with Gasteiger partial charge in [0, 0.05) is 31.4 Å². The Kier molecular flexibility index (Phi) is 7.60. The van der Waals surface area contributed by atoms with E-state index in [1.165, 1.54) is 12.1 Å². The molecule has 0 saturated heterocycles. The van der Waals surface area contributed by atoms with Crippen LogP contribution in [0.3, 0.4) is 0 Å². The minimum Gasteiger partial charge on any atom is -0.497 e. The highest BCUT2D eigenvalue weighted by atomic mass is 19.1. The molecule has 0 fully saturated rings. The molecule has 0 spiro atoms. The Hall–Kier alpha value is -3.61. The van der Waals surface area contributed by atoms with Crippen molar-refractivity contribution in [1.82, 2.24) is 15.6 Å². The van der Waals surface area contributed by atoms with Gasteiger partial charge in [0.1, 0.15) is 17.3 Å². The second-order valence-electron chi connectivity index (χ2n) is 6.46. The van der Waals surface area contributed by atoms with Gasteiger partial charge in [-0.2, -0.15) is 0 Å². The van der Waals surface area contributed by atoms with Crippen LogP contribution in [0.2, 0.25) is 0 Å². The van der Waals surface area contributed by atoms with Gasteiger partial charge in [0.05, 0.1) is 13.7 Å². The summed E-state index contributed by atoms with van der Waals surface area (Å²) in [7, 11) is 1.65. The fourth-order valence-corrected chi connectivity index (χ4v) is 2.66. The molecule has 2 N–H and O–H groups in total. The number of ether oxygens (including phenoxy) is 2. The van der Waals surface area contributed by atoms with Crippen LogP contribution in [0.25, 0.3) is 0 Å². The van der Waals surface area contributed by atoms with Gasteiger partial charge < -0.3 is 20.1 Å². The molecule has 0 aliphatic rings. The average Bonchev–Trinajstić information content (AvgIpc) is 2.77. The van der Waals surface area contributed by atoms with Crippen molar-refractivity contribution in [3.63, 3.8) is 0 Å². The van der Waals surface area contributed by atoms with Crippen molar-refractivity contribution in [2.45, 2.75) is 20.0 Å². The normalized spacial score (nSPS) is 11.1. The fourth-order valence-electron chi connectivity index (χ4n) is 2.66. The lowest BCUT2D eigenvalue weighted by Gasteiger charge is -2.12. The molecular formula is C23H25FN4O2. The van der Waals surface area contributed by atoms with Crippen LogP contribution in [-0.2, 0) is 13.1 Å². The van der Waals surface area contributed by atoms with E-state index in [1.54, 1.807) is 31.5 Å². The Morgan fingerprint density at radius 1 is 1.00 bits per heavy atom. The molecule has 30 heavy (non-hydrogen) atoms. The number of benzene rings is 2. The number of nitrogens with zero attached hydrogens (tertiary/aromatic N) is 2. The van der Waals surface area contributed by atoms with Crippen molar-refractivity contribution in [3.05, 3.63) is 83.8 Å². The Morgan fingerprint density at radius 2 is 1.80 bits per heavy atom. The van der Waals surface area contributed by atoms with Gasteiger partial charge in [0.2, 0.25) is 5.88 Å². The summed E-state index contributed by atoms with van der Waals surface area (Å²) < 4.78 is 24.0. The van der Waals surface area contributed by atoms with Gasteiger partial charge in [-0.3, -0.25) is 0 Å². The third kappa shape index (κ3) is 6.48. The summed E-state index contributed by atoms with van der Waals surface area (Å²) in [6, 6.07) is 17.5. The highest BCUT2D eigenvalue weighted by molar-refractivity contribution is 5.79. The zero-order valence-electron chi connectivity index (χ0n) is 17.1. The maximum Gasteiger partial charge on any atom is 0.219 e. The molecule has 1 heterocycles. The highest BCUT2D eigenvalue weighted by Gasteiger charge is 2.02. The summed E-state index contributed by atoms with van der Waals surface area (Å²) in [6.07, 6.45) is 1.70. The Morgan fingerprint density at radius 3 is 2.47 bits per heavy atom. The molecule has 1 aromatic heterocycles. The minimum atomic E-state index is -0.350. The highest BCUT2D eigenvalue weighted by Crippen LogP contribution is 2.20. The molecule has 0 bridgehead atoms. The molecule has 156 valence electrons. The molecule has 7 heteroatoms. The van der Waals surface area contributed by atoms with Crippen LogP contribution < -0.4 is 20.1 Å². The van der Waals surface area contributed by atoms with Gasteiger partial charge in [0.25, 0.3) is 0 Å². The van der Waals surface area contributed by atoms with Gasteiger partial charge in [-0.1, -0.05) is 24.3 Å². The first-order valence-corrected chi connectivity index (χ1v) is 9.69. The van der Waals surface area contributed by atoms with Crippen LogP contribution in [0.5, 0.6) is 17.4 Å². The smallest absolute Gasteiger partial charge is 0.219 e. The first-order chi connectivity index (χ1) is 14.7. The molecular weight excluding hydrogens is 383 g/mol. The van der Waals surface area contributed by atoms with Gasteiger partial charge in [0.15, 0.2) is 5.96 Å². The van der Waals surface area contributed by atoms with Gasteiger partial charge in [-0.25, -0.2) is 14.4 Å². The van der Waals surface area contributed by atoms with Crippen molar-refractivity contribution in [2.24, 2.45) is 4.99 Å². The summed E-state index contributed by atoms with van der Waals surface area (Å²) in [5.41, 5.74) is 2.06. The molecule has 0 aliphatic carbocycles. The number of aliphatic imine (C=N–C) groups is 1. The fraction of sp³-hybridized carbons (Fsp3) is 0.217. The summed E-state index contributed by atoms with van der Waals surface area (Å²) in [5.74, 6) is 2.00. The SMILES string of the molecule is CCNC(=NCc1ccc(Oc2cccc(F)c2)nc1)NCc1ccc(OC)cc1.